The third-order valence-electron chi connectivity index (χ3n) is 4.90. The number of sulfonamides is 1. The minimum Gasteiger partial charge on any atom is -0.490 e. The van der Waals surface area contributed by atoms with Gasteiger partial charge in [0.05, 0.1) is 21.7 Å². The lowest BCUT2D eigenvalue weighted by Gasteiger charge is -2.29. The molecule has 0 saturated heterocycles. The molecule has 0 radical (unpaired) electrons. The number of ether oxygens (including phenoxy) is 1. The Kier molecular flexibility index (Phi) is 6.07. The van der Waals surface area contributed by atoms with Crippen LogP contribution in [0.4, 0.5) is 11.4 Å². The number of fused-ring (bicyclic) bond motifs is 1. The third-order valence-corrected chi connectivity index (χ3v) is 6.66. The third kappa shape index (κ3) is 4.57. The van der Waals surface area contributed by atoms with E-state index in [4.69, 9.17) is 16.3 Å². The molecule has 1 amide bonds. The van der Waals surface area contributed by atoms with Crippen molar-refractivity contribution < 1.29 is 17.9 Å². The quantitative estimate of drug-likeness (QED) is 0.705. The van der Waals surface area contributed by atoms with Crippen LogP contribution in [0.5, 0.6) is 5.75 Å². The zero-order valence-electron chi connectivity index (χ0n) is 17.8. The molecule has 1 N–H and O–H groups in total. The number of halogens is 1. The number of benzene rings is 2. The summed E-state index contributed by atoms with van der Waals surface area (Å²) in [7, 11) is -3.84. The number of aryl methyl sites for hydroxylation is 1. The topological polar surface area (TPSA) is 75.7 Å². The van der Waals surface area contributed by atoms with Gasteiger partial charge in [-0.05, 0) is 56.5 Å². The molecule has 2 aromatic carbocycles. The van der Waals surface area contributed by atoms with Gasteiger partial charge in [-0.3, -0.25) is 9.52 Å². The number of hydrogen-bond acceptors (Lipinski definition) is 4. The standard InChI is InChI=1S/C22H27ClN2O4S/c1-14(2)12-25-18-9-8-17(11-19(18)29-13-22(4,5)21(25)26)24-30(27,28)20-10-16(23)7-6-15(20)3/h6-11,14,24H,12-13H2,1-5H3. The number of amides is 1. The summed E-state index contributed by atoms with van der Waals surface area (Å²) in [6.45, 7) is 10.2. The first-order chi connectivity index (χ1) is 13.9. The van der Waals surface area contributed by atoms with E-state index in [-0.39, 0.29) is 23.3 Å². The number of rotatable bonds is 5. The molecule has 0 aliphatic carbocycles. The molecule has 1 aliphatic rings. The van der Waals surface area contributed by atoms with Crippen LogP contribution in [0, 0.1) is 18.3 Å². The van der Waals surface area contributed by atoms with Gasteiger partial charge in [0.15, 0.2) is 0 Å². The molecule has 1 aliphatic heterocycles. The van der Waals surface area contributed by atoms with Gasteiger partial charge >= 0.3 is 0 Å². The smallest absolute Gasteiger partial charge is 0.262 e. The second kappa shape index (κ2) is 8.12. The van der Waals surface area contributed by atoms with Crippen LogP contribution in [0.2, 0.25) is 5.02 Å². The van der Waals surface area contributed by atoms with Gasteiger partial charge in [-0.2, -0.15) is 0 Å². The zero-order valence-corrected chi connectivity index (χ0v) is 19.4. The summed E-state index contributed by atoms with van der Waals surface area (Å²) in [5.74, 6) is 0.718. The minimum absolute atomic E-state index is 0.0159. The van der Waals surface area contributed by atoms with E-state index in [2.05, 4.69) is 4.72 Å². The SMILES string of the molecule is Cc1ccc(Cl)cc1S(=O)(=O)Nc1ccc2c(c1)OCC(C)(C)C(=O)N2CC(C)C. The van der Waals surface area contributed by atoms with Crippen molar-refractivity contribution in [2.45, 2.75) is 39.5 Å². The molecule has 0 saturated carbocycles. The molecule has 0 unspecified atom stereocenters. The Morgan fingerprint density at radius 1 is 1.20 bits per heavy atom. The molecule has 2 aromatic rings. The molecule has 0 atom stereocenters. The summed E-state index contributed by atoms with van der Waals surface area (Å²) in [6, 6.07) is 9.71. The van der Waals surface area contributed by atoms with E-state index in [0.717, 1.165) is 0 Å². The summed E-state index contributed by atoms with van der Waals surface area (Å²) in [5.41, 5.74) is 0.894. The molecule has 30 heavy (non-hydrogen) atoms. The average Bonchev–Trinajstić information content (AvgIpc) is 2.73. The Labute approximate surface area is 183 Å². The lowest BCUT2D eigenvalue weighted by molar-refractivity contribution is -0.127. The first-order valence-corrected chi connectivity index (χ1v) is 11.6. The van der Waals surface area contributed by atoms with Crippen LogP contribution >= 0.6 is 11.6 Å². The van der Waals surface area contributed by atoms with E-state index in [0.29, 0.717) is 34.3 Å². The van der Waals surface area contributed by atoms with Crippen LogP contribution in [0.25, 0.3) is 0 Å². The number of hydrogen-bond donors (Lipinski definition) is 1. The first kappa shape index (κ1) is 22.4. The van der Waals surface area contributed by atoms with Crippen molar-refractivity contribution in [2.75, 3.05) is 22.8 Å². The van der Waals surface area contributed by atoms with Crippen LogP contribution in [-0.2, 0) is 14.8 Å². The number of carbonyl (C=O) groups is 1. The van der Waals surface area contributed by atoms with E-state index >= 15 is 0 Å². The van der Waals surface area contributed by atoms with Gasteiger partial charge in [-0.25, -0.2) is 8.42 Å². The van der Waals surface area contributed by atoms with Crippen LogP contribution in [0.1, 0.15) is 33.3 Å². The van der Waals surface area contributed by atoms with Gasteiger partial charge < -0.3 is 9.64 Å². The number of nitrogens with one attached hydrogen (secondary N) is 1. The van der Waals surface area contributed by atoms with Gasteiger partial charge in [0, 0.05) is 17.6 Å². The summed E-state index contributed by atoms with van der Waals surface area (Å²) in [5, 5.41) is 0.344. The molecule has 3 rings (SSSR count). The highest BCUT2D eigenvalue weighted by Gasteiger charge is 2.38. The molecule has 0 aromatic heterocycles. The molecule has 1 heterocycles. The highest BCUT2D eigenvalue weighted by atomic mass is 35.5. The van der Waals surface area contributed by atoms with Crippen molar-refractivity contribution >= 4 is 38.9 Å². The number of carbonyl (C=O) groups excluding carboxylic acids is 1. The highest BCUT2D eigenvalue weighted by Crippen LogP contribution is 2.39. The van der Waals surface area contributed by atoms with Crippen LogP contribution in [0.15, 0.2) is 41.3 Å². The second-order valence-electron chi connectivity index (χ2n) is 8.68. The van der Waals surface area contributed by atoms with Crippen molar-refractivity contribution in [1.29, 1.82) is 0 Å². The van der Waals surface area contributed by atoms with Crippen molar-refractivity contribution in [3.63, 3.8) is 0 Å². The van der Waals surface area contributed by atoms with Crippen molar-refractivity contribution in [1.82, 2.24) is 0 Å². The van der Waals surface area contributed by atoms with Gasteiger partial charge in [0.25, 0.3) is 10.0 Å². The maximum absolute atomic E-state index is 13.1. The van der Waals surface area contributed by atoms with Gasteiger partial charge in [-0.1, -0.05) is 31.5 Å². The molecular weight excluding hydrogens is 424 g/mol. The summed E-state index contributed by atoms with van der Waals surface area (Å²) in [6.07, 6.45) is 0. The first-order valence-electron chi connectivity index (χ1n) is 9.78. The Morgan fingerprint density at radius 3 is 2.57 bits per heavy atom. The van der Waals surface area contributed by atoms with Crippen LogP contribution < -0.4 is 14.4 Å². The Bertz CT molecular complexity index is 1080. The van der Waals surface area contributed by atoms with E-state index in [1.54, 1.807) is 42.2 Å². The lowest BCUT2D eigenvalue weighted by atomic mass is 9.92. The Morgan fingerprint density at radius 2 is 1.90 bits per heavy atom. The van der Waals surface area contributed by atoms with Gasteiger partial charge in [0.2, 0.25) is 5.91 Å². The van der Waals surface area contributed by atoms with Crippen molar-refractivity contribution in [3.8, 4) is 5.75 Å². The fourth-order valence-electron chi connectivity index (χ4n) is 3.33. The van der Waals surface area contributed by atoms with Gasteiger partial charge in [0.1, 0.15) is 12.4 Å². The molecule has 8 heteroatoms. The van der Waals surface area contributed by atoms with Crippen LogP contribution in [0.3, 0.4) is 0 Å². The van der Waals surface area contributed by atoms with E-state index in [9.17, 15) is 13.2 Å². The molecule has 6 nitrogen and oxygen atoms in total. The van der Waals surface area contributed by atoms with E-state index < -0.39 is 15.4 Å². The van der Waals surface area contributed by atoms with E-state index in [1.807, 2.05) is 27.7 Å². The predicted octanol–water partition coefficient (Wildman–Crippen LogP) is 4.86. The molecular formula is C22H27ClN2O4S. The lowest BCUT2D eigenvalue weighted by Crippen LogP contribution is -2.43. The normalized spacial score (nSPS) is 16.1. The highest BCUT2D eigenvalue weighted by molar-refractivity contribution is 7.92. The number of nitrogens with zero attached hydrogens (tertiary/aromatic N) is 1. The van der Waals surface area contributed by atoms with Crippen molar-refractivity contribution in [2.24, 2.45) is 11.3 Å². The summed E-state index contributed by atoms with van der Waals surface area (Å²) in [4.78, 5) is 14.9. The molecule has 0 spiro atoms. The molecule has 0 fully saturated rings. The number of anilines is 2. The minimum atomic E-state index is -3.84. The maximum atomic E-state index is 13.1. The maximum Gasteiger partial charge on any atom is 0.262 e. The van der Waals surface area contributed by atoms with Crippen LogP contribution in [-0.4, -0.2) is 27.5 Å². The average molecular weight is 451 g/mol. The monoisotopic (exact) mass is 450 g/mol. The summed E-state index contributed by atoms with van der Waals surface area (Å²) < 4.78 is 34.3. The fourth-order valence-corrected chi connectivity index (χ4v) is 4.89. The summed E-state index contributed by atoms with van der Waals surface area (Å²) >= 11 is 5.99. The largest absolute Gasteiger partial charge is 0.490 e. The van der Waals surface area contributed by atoms with Crippen molar-refractivity contribution in [3.05, 3.63) is 47.0 Å². The Hall–Kier alpha value is -2.25. The zero-order chi connectivity index (χ0) is 22.3. The second-order valence-corrected chi connectivity index (χ2v) is 10.8. The Balaban J connectivity index is 1.98. The van der Waals surface area contributed by atoms with E-state index in [1.165, 1.54) is 6.07 Å². The fraction of sp³-hybridized carbons (Fsp3) is 0.409. The predicted molar refractivity (Wildman–Crippen MR) is 120 cm³/mol. The molecule has 162 valence electrons. The van der Waals surface area contributed by atoms with Gasteiger partial charge in [-0.15, -0.1) is 0 Å². The molecule has 0 bridgehead atoms.